The van der Waals surface area contributed by atoms with Gasteiger partial charge in [0, 0.05) is 6.54 Å². The molecule has 4 amide bonds. The molecule has 0 radical (unpaired) electrons. The maximum absolute atomic E-state index is 11.8. The maximum atomic E-state index is 11.8. The van der Waals surface area contributed by atoms with E-state index in [1.165, 1.54) is 0 Å². The van der Waals surface area contributed by atoms with Gasteiger partial charge in [0.25, 0.3) is 11.8 Å². The second kappa shape index (κ2) is 5.27. The van der Waals surface area contributed by atoms with Crippen LogP contribution >= 0.6 is 12.4 Å². The first-order valence-electron chi connectivity index (χ1n) is 4.93. The van der Waals surface area contributed by atoms with Gasteiger partial charge < -0.3 is 5.73 Å². The minimum absolute atomic E-state index is 0. The third-order valence-electron chi connectivity index (χ3n) is 2.50. The first kappa shape index (κ1) is 14.9. The molecule has 0 aromatic heterocycles. The summed E-state index contributed by atoms with van der Waals surface area (Å²) >= 11 is 0. The molecule has 0 aromatic carbocycles. The third kappa shape index (κ3) is 2.17. The molecule has 0 spiro atoms. The van der Waals surface area contributed by atoms with Crippen LogP contribution in [0, 0.1) is 0 Å². The topological polar surface area (TPSA) is 92.5 Å². The Hall–Kier alpha value is -1.14. The lowest BCUT2D eigenvalue weighted by atomic mass is 9.92. The van der Waals surface area contributed by atoms with Crippen LogP contribution in [0.2, 0.25) is 0 Å². The number of urea groups is 1. The molecule has 0 aliphatic carbocycles. The van der Waals surface area contributed by atoms with Crippen molar-refractivity contribution in [3.05, 3.63) is 0 Å². The lowest BCUT2D eigenvalue weighted by molar-refractivity contribution is -0.144. The molecular formula is C9H16ClN3O3. The van der Waals surface area contributed by atoms with Gasteiger partial charge in [0.05, 0.1) is 0 Å². The van der Waals surface area contributed by atoms with E-state index in [0.29, 0.717) is 6.42 Å². The van der Waals surface area contributed by atoms with Gasteiger partial charge in [0.1, 0.15) is 0 Å². The molecule has 1 aliphatic heterocycles. The number of rotatable bonds is 3. The van der Waals surface area contributed by atoms with Gasteiger partial charge in [0.2, 0.25) is 0 Å². The number of nitrogens with one attached hydrogen (secondary N) is 1. The Bertz CT molecular complexity index is 321. The van der Waals surface area contributed by atoms with Crippen molar-refractivity contribution in [3.8, 4) is 0 Å². The van der Waals surface area contributed by atoms with E-state index in [-0.39, 0.29) is 25.4 Å². The standard InChI is InChI=1S/C9H15N3O3.ClH/c1-3-5-12-7(14)9(10,4-2)6(13)11-8(12)15;/h3-5,10H2,1-2H3,(H,11,13,15);1H. The molecular weight excluding hydrogens is 234 g/mol. The first-order chi connectivity index (χ1) is 6.97. The third-order valence-corrected chi connectivity index (χ3v) is 2.50. The number of imide groups is 2. The number of nitrogens with two attached hydrogens (primary N) is 1. The summed E-state index contributed by atoms with van der Waals surface area (Å²) in [6, 6.07) is -0.679. The molecule has 0 aromatic rings. The Kier molecular flexibility index (Phi) is 4.89. The van der Waals surface area contributed by atoms with Gasteiger partial charge in [-0.1, -0.05) is 13.8 Å². The van der Waals surface area contributed by atoms with Gasteiger partial charge in [-0.15, -0.1) is 12.4 Å². The SMILES string of the molecule is CCCN1C(=O)NC(=O)C(N)(CC)C1=O.Cl. The Morgan fingerprint density at radius 3 is 2.31 bits per heavy atom. The number of nitrogens with zero attached hydrogens (tertiary/aromatic N) is 1. The van der Waals surface area contributed by atoms with Crippen LogP contribution in [0.4, 0.5) is 4.79 Å². The zero-order valence-electron chi connectivity index (χ0n) is 9.28. The van der Waals surface area contributed by atoms with E-state index >= 15 is 0 Å². The summed E-state index contributed by atoms with van der Waals surface area (Å²) in [6.07, 6.45) is 0.804. The van der Waals surface area contributed by atoms with Crippen molar-refractivity contribution in [1.82, 2.24) is 10.2 Å². The van der Waals surface area contributed by atoms with Crippen molar-refractivity contribution < 1.29 is 14.4 Å². The zero-order chi connectivity index (χ0) is 11.6. The van der Waals surface area contributed by atoms with Crippen LogP contribution in [-0.4, -0.2) is 34.8 Å². The number of halogens is 1. The fourth-order valence-electron chi connectivity index (χ4n) is 1.44. The molecule has 0 saturated carbocycles. The predicted octanol–water partition coefficient (Wildman–Crippen LogP) is 0.00410. The van der Waals surface area contributed by atoms with Gasteiger partial charge in [-0.05, 0) is 12.8 Å². The fourth-order valence-corrected chi connectivity index (χ4v) is 1.44. The largest absolute Gasteiger partial charge is 0.330 e. The first-order valence-corrected chi connectivity index (χ1v) is 4.93. The molecule has 16 heavy (non-hydrogen) atoms. The second-order valence-corrected chi connectivity index (χ2v) is 3.54. The van der Waals surface area contributed by atoms with Crippen LogP contribution in [-0.2, 0) is 9.59 Å². The normalized spacial score (nSPS) is 25.2. The Morgan fingerprint density at radius 1 is 1.31 bits per heavy atom. The van der Waals surface area contributed by atoms with E-state index < -0.39 is 23.4 Å². The average molecular weight is 250 g/mol. The Balaban J connectivity index is 0.00000225. The zero-order valence-corrected chi connectivity index (χ0v) is 10.1. The van der Waals surface area contributed by atoms with Crippen molar-refractivity contribution in [1.29, 1.82) is 0 Å². The lowest BCUT2D eigenvalue weighted by Crippen LogP contribution is -2.71. The van der Waals surface area contributed by atoms with Gasteiger partial charge in [0.15, 0.2) is 5.54 Å². The van der Waals surface area contributed by atoms with E-state index in [9.17, 15) is 14.4 Å². The number of amides is 4. The van der Waals surface area contributed by atoms with Crippen LogP contribution in [0.15, 0.2) is 0 Å². The van der Waals surface area contributed by atoms with Gasteiger partial charge >= 0.3 is 6.03 Å². The highest BCUT2D eigenvalue weighted by molar-refractivity contribution is 6.22. The van der Waals surface area contributed by atoms with Crippen molar-refractivity contribution in [3.63, 3.8) is 0 Å². The second-order valence-electron chi connectivity index (χ2n) is 3.54. The average Bonchev–Trinajstić information content (AvgIpc) is 2.21. The highest BCUT2D eigenvalue weighted by Crippen LogP contribution is 2.16. The quantitative estimate of drug-likeness (QED) is 0.689. The number of hydrogen-bond donors (Lipinski definition) is 2. The van der Waals surface area contributed by atoms with E-state index in [1.54, 1.807) is 6.92 Å². The van der Waals surface area contributed by atoms with Crippen LogP contribution < -0.4 is 11.1 Å². The van der Waals surface area contributed by atoms with Gasteiger partial charge in [-0.2, -0.15) is 0 Å². The lowest BCUT2D eigenvalue weighted by Gasteiger charge is -2.35. The molecule has 1 unspecified atom stereocenters. The number of carbonyl (C=O) groups is 3. The summed E-state index contributed by atoms with van der Waals surface area (Å²) in [6.45, 7) is 3.75. The number of hydrogen-bond acceptors (Lipinski definition) is 4. The minimum atomic E-state index is -1.59. The molecule has 3 N–H and O–H groups in total. The van der Waals surface area contributed by atoms with Crippen LogP contribution in [0.25, 0.3) is 0 Å². The highest BCUT2D eigenvalue weighted by Gasteiger charge is 2.49. The molecule has 7 heteroatoms. The van der Waals surface area contributed by atoms with Crippen LogP contribution in [0.5, 0.6) is 0 Å². The summed E-state index contributed by atoms with van der Waals surface area (Å²) in [5, 5.41) is 2.09. The van der Waals surface area contributed by atoms with Crippen molar-refractivity contribution in [2.24, 2.45) is 5.73 Å². The molecule has 1 aliphatic rings. The molecule has 1 heterocycles. The van der Waals surface area contributed by atoms with E-state index in [0.717, 1.165) is 4.90 Å². The fraction of sp³-hybridized carbons (Fsp3) is 0.667. The van der Waals surface area contributed by atoms with Crippen molar-refractivity contribution in [2.75, 3.05) is 6.54 Å². The van der Waals surface area contributed by atoms with Gasteiger partial charge in [-0.3, -0.25) is 19.8 Å². The maximum Gasteiger partial charge on any atom is 0.330 e. The molecule has 1 saturated heterocycles. The molecule has 1 rings (SSSR count). The Morgan fingerprint density at radius 2 is 1.88 bits per heavy atom. The van der Waals surface area contributed by atoms with Crippen molar-refractivity contribution in [2.45, 2.75) is 32.2 Å². The summed E-state index contributed by atoms with van der Waals surface area (Å²) in [5.41, 5.74) is 4.08. The summed E-state index contributed by atoms with van der Waals surface area (Å²) < 4.78 is 0. The van der Waals surface area contributed by atoms with Crippen LogP contribution in [0.3, 0.4) is 0 Å². The smallest absolute Gasteiger partial charge is 0.309 e. The molecule has 1 fully saturated rings. The monoisotopic (exact) mass is 249 g/mol. The number of carbonyl (C=O) groups excluding carboxylic acids is 3. The van der Waals surface area contributed by atoms with Crippen molar-refractivity contribution >= 4 is 30.3 Å². The van der Waals surface area contributed by atoms with E-state index in [2.05, 4.69) is 5.32 Å². The Labute approximate surface area is 99.9 Å². The number of barbiturate groups is 1. The summed E-state index contributed by atoms with van der Waals surface area (Å²) in [4.78, 5) is 35.5. The minimum Gasteiger partial charge on any atom is -0.309 e. The predicted molar refractivity (Wildman–Crippen MR) is 60.0 cm³/mol. The molecule has 6 nitrogen and oxygen atoms in total. The van der Waals surface area contributed by atoms with E-state index in [4.69, 9.17) is 5.73 Å². The van der Waals surface area contributed by atoms with Crippen LogP contribution in [0.1, 0.15) is 26.7 Å². The molecule has 0 bridgehead atoms. The van der Waals surface area contributed by atoms with E-state index in [1.807, 2.05) is 6.92 Å². The summed E-state index contributed by atoms with van der Waals surface area (Å²) in [7, 11) is 0. The summed E-state index contributed by atoms with van der Waals surface area (Å²) in [5.74, 6) is -1.33. The molecule has 92 valence electrons. The molecule has 1 atom stereocenters. The highest BCUT2D eigenvalue weighted by atomic mass is 35.5. The van der Waals surface area contributed by atoms with Gasteiger partial charge in [-0.25, -0.2) is 4.79 Å².